The van der Waals surface area contributed by atoms with Crippen LogP contribution in [0.2, 0.25) is 0 Å². The summed E-state index contributed by atoms with van der Waals surface area (Å²) in [6.07, 6.45) is 3.98. The first-order chi connectivity index (χ1) is 25.0. The maximum absolute atomic E-state index is 15.2. The fourth-order valence-corrected chi connectivity index (χ4v) is 5.47. The van der Waals surface area contributed by atoms with E-state index in [1.165, 1.54) is 69.3 Å². The minimum atomic E-state index is -1.30. The quantitative estimate of drug-likeness (QED) is 0.0987. The van der Waals surface area contributed by atoms with Crippen LogP contribution in [0.4, 0.5) is 20.2 Å². The minimum Gasteiger partial charge on any atom is -0.550 e. The van der Waals surface area contributed by atoms with E-state index in [4.69, 9.17) is 14.2 Å². The van der Waals surface area contributed by atoms with Gasteiger partial charge < -0.3 is 39.6 Å². The SMILES string of the molecule is CC[NH+](CC)CC.COc1cc2c(Oc3ccc(NC(=O)C4(C(=O)Nc5ccc(F)cc5)CC4)cc3F)ccnc2cc1OCCCCCC(=O)[O-]. The van der Waals surface area contributed by atoms with Gasteiger partial charge in [0.25, 0.3) is 0 Å². The van der Waals surface area contributed by atoms with Crippen LogP contribution < -0.4 is 34.9 Å². The van der Waals surface area contributed by atoms with Gasteiger partial charge in [-0.3, -0.25) is 14.6 Å². The van der Waals surface area contributed by atoms with E-state index in [1.807, 2.05) is 0 Å². The van der Waals surface area contributed by atoms with Crippen molar-refractivity contribution >= 4 is 40.1 Å². The fraction of sp³-hybridized carbons (Fsp3) is 0.385. The number of rotatable bonds is 17. The van der Waals surface area contributed by atoms with Crippen molar-refractivity contribution in [3.63, 3.8) is 0 Å². The topological polar surface area (TPSA) is 143 Å². The van der Waals surface area contributed by atoms with Crippen molar-refractivity contribution in [1.29, 1.82) is 0 Å². The molecule has 0 bridgehead atoms. The smallest absolute Gasteiger partial charge is 0.240 e. The number of carboxylic acid groups (broad SMARTS) is 1. The number of amides is 2. The first-order valence-corrected chi connectivity index (χ1v) is 17.5. The lowest BCUT2D eigenvalue weighted by Crippen LogP contribution is -3.11. The molecule has 0 radical (unpaired) electrons. The van der Waals surface area contributed by atoms with Gasteiger partial charge in [0.2, 0.25) is 11.8 Å². The average Bonchev–Trinajstić information content (AvgIpc) is 3.95. The molecule has 5 rings (SSSR count). The molecule has 2 amide bonds. The summed E-state index contributed by atoms with van der Waals surface area (Å²) in [5, 5.41) is 16.3. The number of nitrogens with zero attached hydrogens (tertiary/aromatic N) is 1. The zero-order chi connectivity index (χ0) is 37.7. The fourth-order valence-electron chi connectivity index (χ4n) is 5.47. The summed E-state index contributed by atoms with van der Waals surface area (Å²) < 4.78 is 45.6. The number of fused-ring (bicyclic) bond motifs is 1. The Kier molecular flexibility index (Phi) is 14.3. The second-order valence-electron chi connectivity index (χ2n) is 12.4. The highest BCUT2D eigenvalue weighted by atomic mass is 19.1. The van der Waals surface area contributed by atoms with Gasteiger partial charge in [0, 0.05) is 41.1 Å². The Morgan fingerprint density at radius 2 is 1.46 bits per heavy atom. The van der Waals surface area contributed by atoms with E-state index in [9.17, 15) is 23.9 Å². The van der Waals surface area contributed by atoms with Crippen LogP contribution in [0.5, 0.6) is 23.0 Å². The van der Waals surface area contributed by atoms with Crippen molar-refractivity contribution in [2.45, 2.75) is 59.3 Å². The summed E-state index contributed by atoms with van der Waals surface area (Å²) in [6.45, 7) is 10.8. The molecule has 52 heavy (non-hydrogen) atoms. The number of aliphatic carboxylic acids is 1. The third kappa shape index (κ3) is 10.6. The van der Waals surface area contributed by atoms with Crippen LogP contribution in [0.25, 0.3) is 10.9 Å². The third-order valence-corrected chi connectivity index (χ3v) is 8.90. The van der Waals surface area contributed by atoms with Gasteiger partial charge >= 0.3 is 0 Å². The Bertz CT molecular complexity index is 1820. The first kappa shape index (κ1) is 39.5. The van der Waals surface area contributed by atoms with Crippen molar-refractivity contribution in [1.82, 2.24) is 4.98 Å². The summed E-state index contributed by atoms with van der Waals surface area (Å²) in [5.74, 6) is -2.31. The van der Waals surface area contributed by atoms with Crippen LogP contribution in [-0.4, -0.2) is 56.1 Å². The second-order valence-corrected chi connectivity index (χ2v) is 12.4. The number of carbonyl (C=O) groups excluding carboxylic acids is 3. The molecular formula is C39H46F2N4O7. The number of hydrogen-bond acceptors (Lipinski definition) is 8. The Morgan fingerprint density at radius 3 is 2.04 bits per heavy atom. The van der Waals surface area contributed by atoms with Crippen LogP contribution >= 0.6 is 0 Å². The van der Waals surface area contributed by atoms with E-state index >= 15 is 4.39 Å². The molecule has 3 N–H and O–H groups in total. The molecule has 1 heterocycles. The molecule has 11 nitrogen and oxygen atoms in total. The van der Waals surface area contributed by atoms with Gasteiger partial charge in [-0.2, -0.15) is 0 Å². The number of benzene rings is 3. The molecule has 4 aromatic rings. The van der Waals surface area contributed by atoms with E-state index in [0.717, 1.165) is 6.07 Å². The molecule has 0 aliphatic heterocycles. The van der Waals surface area contributed by atoms with E-state index in [2.05, 4.69) is 36.4 Å². The first-order valence-electron chi connectivity index (χ1n) is 17.5. The second kappa shape index (κ2) is 18.8. The van der Waals surface area contributed by atoms with Gasteiger partial charge in [-0.15, -0.1) is 0 Å². The number of nitrogens with one attached hydrogen (secondary N) is 3. The van der Waals surface area contributed by atoms with E-state index in [1.54, 1.807) is 23.1 Å². The molecule has 278 valence electrons. The van der Waals surface area contributed by atoms with E-state index in [0.29, 0.717) is 72.5 Å². The summed E-state index contributed by atoms with van der Waals surface area (Å²) in [7, 11) is 1.48. The zero-order valence-electron chi connectivity index (χ0n) is 30.0. The number of aromatic nitrogens is 1. The Balaban J connectivity index is 0.000000785. The summed E-state index contributed by atoms with van der Waals surface area (Å²) >= 11 is 0. The highest BCUT2D eigenvalue weighted by Crippen LogP contribution is 2.47. The predicted octanol–water partition coefficient (Wildman–Crippen LogP) is 5.29. The number of methoxy groups -OCH3 is 1. The minimum absolute atomic E-state index is 0.00338. The lowest BCUT2D eigenvalue weighted by Gasteiger charge is -2.16. The van der Waals surface area contributed by atoms with Crippen molar-refractivity contribution in [2.75, 3.05) is 44.0 Å². The lowest BCUT2D eigenvalue weighted by atomic mass is 10.0. The number of carbonyl (C=O) groups is 3. The van der Waals surface area contributed by atoms with Gasteiger partial charge in [-0.25, -0.2) is 8.78 Å². The Labute approximate surface area is 302 Å². The molecule has 1 aliphatic carbocycles. The maximum Gasteiger partial charge on any atom is 0.240 e. The summed E-state index contributed by atoms with van der Waals surface area (Å²) in [5.41, 5.74) is -0.275. The van der Waals surface area contributed by atoms with Crippen LogP contribution in [0, 0.1) is 17.0 Å². The Morgan fingerprint density at radius 1 is 0.808 bits per heavy atom. The van der Waals surface area contributed by atoms with Gasteiger partial charge in [-0.1, -0.05) is 0 Å². The predicted molar refractivity (Wildman–Crippen MR) is 192 cm³/mol. The number of halogens is 2. The van der Waals surface area contributed by atoms with E-state index in [-0.39, 0.29) is 17.9 Å². The monoisotopic (exact) mass is 720 g/mol. The molecule has 1 saturated carbocycles. The largest absolute Gasteiger partial charge is 0.550 e. The lowest BCUT2D eigenvalue weighted by molar-refractivity contribution is -0.894. The standard InChI is InChI=1S/C33H31F2N3O7.C6H15N/c1-43-28-18-23-25(19-29(28)44-16-4-2-3-5-30(39)40)36-15-12-26(23)45-27-11-10-22(17-24(27)35)38-32(42)33(13-14-33)31(41)37-21-8-6-20(34)7-9-21;1-4-7(5-2)6-3/h6-12,15,17-19H,2-5,13-14,16H2,1H3,(H,37,41)(H,38,42)(H,39,40);4-6H2,1-3H3. The third-order valence-electron chi connectivity index (χ3n) is 8.90. The van der Waals surface area contributed by atoms with E-state index < -0.39 is 34.8 Å². The molecule has 1 aromatic heterocycles. The number of unbranched alkanes of at least 4 members (excludes halogenated alkanes) is 2. The van der Waals surface area contributed by atoms with Crippen molar-refractivity contribution in [2.24, 2.45) is 5.41 Å². The number of hydrogen-bond donors (Lipinski definition) is 3. The van der Waals surface area contributed by atoms with Crippen LogP contribution in [-0.2, 0) is 14.4 Å². The Hall–Kier alpha value is -5.30. The van der Waals surface area contributed by atoms with Gasteiger partial charge in [0.15, 0.2) is 23.1 Å². The van der Waals surface area contributed by atoms with Crippen molar-refractivity contribution in [3.8, 4) is 23.0 Å². The molecule has 13 heteroatoms. The van der Waals surface area contributed by atoms with Crippen molar-refractivity contribution in [3.05, 3.63) is 78.5 Å². The molecule has 1 aliphatic rings. The van der Waals surface area contributed by atoms with Gasteiger partial charge in [-0.05, 0) is 108 Å². The highest BCUT2D eigenvalue weighted by molar-refractivity contribution is 6.16. The molecule has 0 saturated heterocycles. The maximum atomic E-state index is 15.2. The highest BCUT2D eigenvalue weighted by Gasteiger charge is 2.56. The number of ether oxygens (including phenoxy) is 3. The summed E-state index contributed by atoms with van der Waals surface area (Å²) in [4.78, 5) is 42.4. The van der Waals surface area contributed by atoms with Gasteiger partial charge in [0.1, 0.15) is 17.0 Å². The van der Waals surface area contributed by atoms with Crippen molar-refractivity contribution < 1.29 is 47.4 Å². The summed E-state index contributed by atoms with van der Waals surface area (Å²) in [6, 6.07) is 14.1. The van der Waals surface area contributed by atoms with Gasteiger partial charge in [0.05, 0.1) is 38.9 Å². The number of carboxylic acids is 1. The zero-order valence-corrected chi connectivity index (χ0v) is 30.0. The number of quaternary nitrogens is 1. The van der Waals surface area contributed by atoms with Crippen LogP contribution in [0.3, 0.4) is 0 Å². The molecule has 0 atom stereocenters. The molecule has 0 unspecified atom stereocenters. The van der Waals surface area contributed by atoms with Crippen LogP contribution in [0.15, 0.2) is 66.9 Å². The molecule has 0 spiro atoms. The number of anilines is 2. The molecule has 1 fully saturated rings. The molecule has 3 aromatic carbocycles. The molecular weight excluding hydrogens is 674 g/mol. The normalized spacial score (nSPS) is 12.8. The average molecular weight is 721 g/mol. The number of pyridine rings is 1. The van der Waals surface area contributed by atoms with Crippen LogP contribution in [0.1, 0.15) is 59.3 Å².